The second-order valence-corrected chi connectivity index (χ2v) is 7.23. The van der Waals surface area contributed by atoms with Crippen molar-refractivity contribution in [3.05, 3.63) is 25.3 Å². The van der Waals surface area contributed by atoms with Gasteiger partial charge in [-0.1, -0.05) is 13.2 Å². The van der Waals surface area contributed by atoms with E-state index in [1.165, 1.54) is 37.8 Å². The van der Waals surface area contributed by atoms with Gasteiger partial charge in [-0.15, -0.1) is 0 Å². The van der Waals surface area contributed by atoms with Gasteiger partial charge < -0.3 is 9.47 Å². The molecule has 0 amide bonds. The minimum Gasteiger partial charge on any atom is -0.463 e. The molecule has 126 valence electrons. The van der Waals surface area contributed by atoms with Crippen LogP contribution in [-0.4, -0.2) is 25.2 Å². The maximum atomic E-state index is 11.3. The fourth-order valence-electron chi connectivity index (χ4n) is 5.50. The van der Waals surface area contributed by atoms with Crippen LogP contribution >= 0.6 is 0 Å². The van der Waals surface area contributed by atoms with Gasteiger partial charge in [0.25, 0.3) is 0 Å². The van der Waals surface area contributed by atoms with Crippen LogP contribution in [0.3, 0.4) is 0 Å². The fraction of sp³-hybridized carbons (Fsp3) is 0.684. The Morgan fingerprint density at radius 2 is 1.48 bits per heavy atom. The number of ether oxygens (including phenoxy) is 2. The maximum absolute atomic E-state index is 11.3. The Bertz CT molecular complexity index is 478. The molecule has 3 fully saturated rings. The molecular weight excluding hydrogens is 292 g/mol. The molecule has 2 bridgehead atoms. The summed E-state index contributed by atoms with van der Waals surface area (Å²) in [4.78, 5) is 22.4. The van der Waals surface area contributed by atoms with E-state index in [-0.39, 0.29) is 11.9 Å². The third-order valence-electron chi connectivity index (χ3n) is 6.32. The highest BCUT2D eigenvalue weighted by Crippen LogP contribution is 2.63. The molecule has 0 heterocycles. The first-order chi connectivity index (χ1) is 11.1. The summed E-state index contributed by atoms with van der Waals surface area (Å²) in [7, 11) is 0. The Morgan fingerprint density at radius 3 is 2.04 bits per heavy atom. The lowest BCUT2D eigenvalue weighted by molar-refractivity contribution is -0.140. The van der Waals surface area contributed by atoms with Gasteiger partial charge in [-0.25, -0.2) is 9.59 Å². The minimum atomic E-state index is -0.327. The van der Waals surface area contributed by atoms with Crippen LogP contribution in [0, 0.1) is 35.5 Å². The molecule has 4 unspecified atom stereocenters. The highest BCUT2D eigenvalue weighted by atomic mass is 16.5. The van der Waals surface area contributed by atoms with Crippen molar-refractivity contribution < 1.29 is 19.1 Å². The van der Waals surface area contributed by atoms with Crippen LogP contribution in [0.25, 0.3) is 0 Å². The van der Waals surface area contributed by atoms with Crippen molar-refractivity contribution in [1.82, 2.24) is 0 Å². The van der Waals surface area contributed by atoms with Gasteiger partial charge in [0.2, 0.25) is 0 Å². The zero-order valence-electron chi connectivity index (χ0n) is 13.6. The molecule has 3 rings (SSSR count). The summed E-state index contributed by atoms with van der Waals surface area (Å²) in [6.07, 6.45) is 8.46. The zero-order chi connectivity index (χ0) is 16.4. The number of carbonyl (C=O) groups is 2. The summed E-state index contributed by atoms with van der Waals surface area (Å²) in [5.41, 5.74) is 0. The summed E-state index contributed by atoms with van der Waals surface area (Å²) < 4.78 is 10.4. The molecule has 3 aliphatic rings. The highest BCUT2D eigenvalue weighted by Gasteiger charge is 2.57. The van der Waals surface area contributed by atoms with Crippen molar-refractivity contribution in [3.8, 4) is 0 Å². The topological polar surface area (TPSA) is 52.6 Å². The molecule has 3 saturated carbocycles. The average molecular weight is 318 g/mol. The maximum Gasteiger partial charge on any atom is 0.330 e. The molecule has 4 nitrogen and oxygen atoms in total. The second kappa shape index (κ2) is 6.90. The van der Waals surface area contributed by atoms with Gasteiger partial charge in [-0.2, -0.15) is 0 Å². The predicted molar refractivity (Wildman–Crippen MR) is 86.3 cm³/mol. The number of carbonyl (C=O) groups excluding carboxylic acids is 2. The quantitative estimate of drug-likeness (QED) is 0.534. The van der Waals surface area contributed by atoms with Crippen LogP contribution in [0.5, 0.6) is 0 Å². The Kier molecular flexibility index (Phi) is 4.88. The third-order valence-corrected chi connectivity index (χ3v) is 6.32. The molecule has 23 heavy (non-hydrogen) atoms. The standard InChI is InChI=1S/C19H26O4/c1-3-18(20)22-8-7-12-9-15-13-5-6-14(16(15)10-12)17(13)11-23-19(21)4-2/h3-4,12-17H,1-2,5-11H2. The predicted octanol–water partition coefficient (Wildman–Crippen LogP) is 3.13. The van der Waals surface area contributed by atoms with Crippen LogP contribution in [0.2, 0.25) is 0 Å². The van der Waals surface area contributed by atoms with Gasteiger partial charge in [-0.05, 0) is 67.6 Å². The normalized spacial score (nSPS) is 37.2. The first-order valence-corrected chi connectivity index (χ1v) is 8.72. The van der Waals surface area contributed by atoms with Crippen molar-refractivity contribution in [3.63, 3.8) is 0 Å². The van der Waals surface area contributed by atoms with E-state index in [4.69, 9.17) is 9.47 Å². The van der Waals surface area contributed by atoms with E-state index in [1.54, 1.807) is 0 Å². The van der Waals surface area contributed by atoms with Crippen LogP contribution in [0.15, 0.2) is 25.3 Å². The SMILES string of the molecule is C=CC(=O)OCCC1CC2C3CCC(C3COC(=O)C=C)C2C1. The first-order valence-electron chi connectivity index (χ1n) is 8.72. The summed E-state index contributed by atoms with van der Waals surface area (Å²) >= 11 is 0. The van der Waals surface area contributed by atoms with Crippen molar-refractivity contribution in [1.29, 1.82) is 0 Å². The molecule has 0 aliphatic heterocycles. The molecule has 0 N–H and O–H groups in total. The molecule has 4 atom stereocenters. The van der Waals surface area contributed by atoms with Crippen LogP contribution in [0.1, 0.15) is 32.1 Å². The molecule has 0 aromatic heterocycles. The van der Waals surface area contributed by atoms with Crippen molar-refractivity contribution in [2.75, 3.05) is 13.2 Å². The molecule has 0 radical (unpaired) electrons. The lowest BCUT2D eigenvalue weighted by atomic mass is 9.82. The number of esters is 2. The van der Waals surface area contributed by atoms with Gasteiger partial charge >= 0.3 is 11.9 Å². The van der Waals surface area contributed by atoms with Crippen molar-refractivity contribution in [2.24, 2.45) is 35.5 Å². The van der Waals surface area contributed by atoms with Crippen molar-refractivity contribution in [2.45, 2.75) is 32.1 Å². The van der Waals surface area contributed by atoms with Gasteiger partial charge in [0.05, 0.1) is 13.2 Å². The minimum absolute atomic E-state index is 0.302. The van der Waals surface area contributed by atoms with Gasteiger partial charge in [-0.3, -0.25) is 0 Å². The van der Waals surface area contributed by atoms with E-state index < -0.39 is 0 Å². The van der Waals surface area contributed by atoms with Crippen LogP contribution in [0.4, 0.5) is 0 Å². The zero-order valence-corrected chi connectivity index (χ0v) is 13.6. The Balaban J connectivity index is 1.49. The fourth-order valence-corrected chi connectivity index (χ4v) is 5.50. The number of hydrogen-bond acceptors (Lipinski definition) is 4. The second-order valence-electron chi connectivity index (χ2n) is 7.23. The summed E-state index contributed by atoms with van der Waals surface area (Å²) in [6, 6.07) is 0. The van der Waals surface area contributed by atoms with Gasteiger partial charge in [0.1, 0.15) is 0 Å². The molecule has 3 aliphatic carbocycles. The van der Waals surface area contributed by atoms with E-state index in [1.807, 2.05) is 0 Å². The van der Waals surface area contributed by atoms with E-state index in [0.29, 0.717) is 36.9 Å². The average Bonchev–Trinajstić information content (AvgIpc) is 3.22. The molecule has 4 heteroatoms. The molecule has 0 saturated heterocycles. The van der Waals surface area contributed by atoms with E-state index in [0.717, 1.165) is 18.3 Å². The van der Waals surface area contributed by atoms with Crippen molar-refractivity contribution >= 4 is 11.9 Å². The molecule has 0 aromatic rings. The molecular formula is C19H26O4. The Labute approximate surface area is 137 Å². The number of hydrogen-bond donors (Lipinski definition) is 0. The largest absolute Gasteiger partial charge is 0.463 e. The van der Waals surface area contributed by atoms with E-state index >= 15 is 0 Å². The summed E-state index contributed by atoms with van der Waals surface area (Å²) in [5.74, 6) is 3.57. The Morgan fingerprint density at radius 1 is 0.913 bits per heavy atom. The molecule has 0 spiro atoms. The number of rotatable bonds is 7. The first kappa shape index (κ1) is 16.3. The van der Waals surface area contributed by atoms with Crippen LogP contribution < -0.4 is 0 Å². The number of fused-ring (bicyclic) bond motifs is 5. The lowest BCUT2D eigenvalue weighted by Gasteiger charge is -2.23. The summed E-state index contributed by atoms with van der Waals surface area (Å²) in [6.45, 7) is 7.94. The van der Waals surface area contributed by atoms with Gasteiger partial charge in [0.15, 0.2) is 0 Å². The lowest BCUT2D eigenvalue weighted by Crippen LogP contribution is -2.20. The summed E-state index contributed by atoms with van der Waals surface area (Å²) in [5, 5.41) is 0. The molecule has 0 aromatic carbocycles. The smallest absolute Gasteiger partial charge is 0.330 e. The van der Waals surface area contributed by atoms with E-state index in [9.17, 15) is 9.59 Å². The highest BCUT2D eigenvalue weighted by molar-refractivity contribution is 5.81. The van der Waals surface area contributed by atoms with Gasteiger partial charge in [0, 0.05) is 12.2 Å². The Hall–Kier alpha value is -1.58. The van der Waals surface area contributed by atoms with Crippen LogP contribution in [-0.2, 0) is 19.1 Å². The third kappa shape index (κ3) is 3.22. The van der Waals surface area contributed by atoms with E-state index in [2.05, 4.69) is 13.2 Å². The monoisotopic (exact) mass is 318 g/mol.